The van der Waals surface area contributed by atoms with Crippen LogP contribution in [0.4, 0.5) is 0 Å². The maximum absolute atomic E-state index is 10.8. The van der Waals surface area contributed by atoms with Gasteiger partial charge in [0.1, 0.15) is 6.10 Å². The van der Waals surface area contributed by atoms with Crippen LogP contribution in [0.3, 0.4) is 0 Å². The number of carbonyl (C=O) groups is 1. The van der Waals surface area contributed by atoms with Crippen molar-refractivity contribution >= 4 is 5.97 Å². The number of fused-ring (bicyclic) bond motifs is 1. The molecule has 0 amide bonds. The number of carbonyl (C=O) groups excluding carboxylic acids is 1. The maximum Gasteiger partial charge on any atom is 0.331 e. The Morgan fingerprint density at radius 2 is 1.85 bits per heavy atom. The molecule has 1 heterocycles. The summed E-state index contributed by atoms with van der Waals surface area (Å²) in [5.41, 5.74) is 0. The Bertz CT molecular complexity index is 261. The summed E-state index contributed by atoms with van der Waals surface area (Å²) < 4.78 is 5.03. The Labute approximate surface area is 78.6 Å². The minimum Gasteiger partial charge on any atom is -0.454 e. The van der Waals surface area contributed by atoms with Crippen LogP contribution in [0.5, 0.6) is 0 Å². The van der Waals surface area contributed by atoms with Gasteiger partial charge in [-0.1, -0.05) is 38.2 Å². The van der Waals surface area contributed by atoms with E-state index in [1.165, 1.54) is 6.08 Å². The molecular weight excluding hydrogens is 164 g/mol. The summed E-state index contributed by atoms with van der Waals surface area (Å²) in [5, 5.41) is 0. The van der Waals surface area contributed by atoms with E-state index in [1.54, 1.807) is 0 Å². The van der Waals surface area contributed by atoms with Gasteiger partial charge in [0.05, 0.1) is 0 Å². The standard InChI is InChI=1S/C9H8O2.C2H6/c10-9-6-5-7-3-1-2-4-8(7)11-9;1-2/h1-8H;1-2H3. The first-order valence-corrected chi connectivity index (χ1v) is 4.60. The summed E-state index contributed by atoms with van der Waals surface area (Å²) in [6, 6.07) is 0. The minimum atomic E-state index is -0.244. The van der Waals surface area contributed by atoms with E-state index in [0.717, 1.165) is 0 Å². The molecule has 0 spiro atoms. The molecule has 2 heteroatoms. The van der Waals surface area contributed by atoms with Crippen LogP contribution in [0.25, 0.3) is 0 Å². The number of hydrogen-bond acceptors (Lipinski definition) is 2. The molecule has 2 atom stereocenters. The molecule has 0 aromatic rings. The molecule has 1 aliphatic carbocycles. The van der Waals surface area contributed by atoms with Gasteiger partial charge in [-0.05, 0) is 6.08 Å². The van der Waals surface area contributed by atoms with Crippen molar-refractivity contribution in [3.05, 3.63) is 36.5 Å². The Kier molecular flexibility index (Phi) is 3.50. The summed E-state index contributed by atoms with van der Waals surface area (Å²) >= 11 is 0. The van der Waals surface area contributed by atoms with E-state index < -0.39 is 0 Å². The second-order valence-corrected chi connectivity index (χ2v) is 2.61. The molecule has 0 saturated heterocycles. The van der Waals surface area contributed by atoms with Crippen molar-refractivity contribution in [1.29, 1.82) is 0 Å². The van der Waals surface area contributed by atoms with E-state index in [0.29, 0.717) is 0 Å². The second kappa shape index (κ2) is 4.65. The molecule has 0 aromatic carbocycles. The van der Waals surface area contributed by atoms with Crippen molar-refractivity contribution in [2.75, 3.05) is 0 Å². The van der Waals surface area contributed by atoms with Crippen LogP contribution in [0.1, 0.15) is 13.8 Å². The lowest BCUT2D eigenvalue weighted by Crippen LogP contribution is -2.26. The summed E-state index contributed by atoms with van der Waals surface area (Å²) in [6.45, 7) is 4.00. The SMILES string of the molecule is CC.O=C1C=CC2C=CC=CC2O1. The third-order valence-electron chi connectivity index (χ3n) is 1.83. The number of allylic oxidation sites excluding steroid dienone is 2. The zero-order valence-electron chi connectivity index (χ0n) is 7.94. The second-order valence-electron chi connectivity index (χ2n) is 2.61. The maximum atomic E-state index is 10.8. The molecular formula is C11H14O2. The summed E-state index contributed by atoms with van der Waals surface area (Å²) in [7, 11) is 0. The van der Waals surface area contributed by atoms with Gasteiger partial charge in [0.15, 0.2) is 0 Å². The third kappa shape index (κ3) is 2.31. The predicted octanol–water partition coefficient (Wildman–Crippen LogP) is 2.24. The zero-order chi connectivity index (χ0) is 9.68. The largest absolute Gasteiger partial charge is 0.454 e. The van der Waals surface area contributed by atoms with Gasteiger partial charge in [-0.2, -0.15) is 0 Å². The van der Waals surface area contributed by atoms with E-state index >= 15 is 0 Å². The lowest BCUT2D eigenvalue weighted by Gasteiger charge is -2.23. The molecule has 0 radical (unpaired) electrons. The van der Waals surface area contributed by atoms with Crippen molar-refractivity contribution < 1.29 is 9.53 Å². The van der Waals surface area contributed by atoms with Gasteiger partial charge < -0.3 is 4.74 Å². The lowest BCUT2D eigenvalue weighted by molar-refractivity contribution is -0.143. The molecule has 2 rings (SSSR count). The van der Waals surface area contributed by atoms with Crippen LogP contribution in [0.2, 0.25) is 0 Å². The molecule has 2 unspecified atom stereocenters. The molecule has 0 N–H and O–H groups in total. The molecule has 70 valence electrons. The average molecular weight is 178 g/mol. The Hall–Kier alpha value is -1.31. The van der Waals surface area contributed by atoms with Gasteiger partial charge in [0.2, 0.25) is 0 Å². The van der Waals surface area contributed by atoms with Crippen molar-refractivity contribution in [3.8, 4) is 0 Å². The van der Waals surface area contributed by atoms with Gasteiger partial charge in [-0.15, -0.1) is 0 Å². The fourth-order valence-electron chi connectivity index (χ4n) is 1.26. The van der Waals surface area contributed by atoms with Crippen LogP contribution < -0.4 is 0 Å². The smallest absolute Gasteiger partial charge is 0.331 e. The topological polar surface area (TPSA) is 26.3 Å². The van der Waals surface area contributed by atoms with E-state index in [2.05, 4.69) is 0 Å². The first kappa shape index (κ1) is 9.78. The predicted molar refractivity (Wildman–Crippen MR) is 52.1 cm³/mol. The number of ether oxygens (including phenoxy) is 1. The highest BCUT2D eigenvalue weighted by atomic mass is 16.5. The van der Waals surface area contributed by atoms with Crippen LogP contribution in [-0.4, -0.2) is 12.1 Å². The Morgan fingerprint density at radius 1 is 1.15 bits per heavy atom. The molecule has 0 saturated carbocycles. The fourth-order valence-corrected chi connectivity index (χ4v) is 1.26. The van der Waals surface area contributed by atoms with E-state index in [4.69, 9.17) is 4.74 Å². The van der Waals surface area contributed by atoms with Crippen LogP contribution in [0.15, 0.2) is 36.5 Å². The van der Waals surface area contributed by atoms with Crippen molar-refractivity contribution in [2.24, 2.45) is 5.92 Å². The van der Waals surface area contributed by atoms with Gasteiger partial charge in [0, 0.05) is 12.0 Å². The van der Waals surface area contributed by atoms with Crippen molar-refractivity contribution in [1.82, 2.24) is 0 Å². The summed E-state index contributed by atoms with van der Waals surface area (Å²) in [5.74, 6) is 0.00361. The van der Waals surface area contributed by atoms with Crippen LogP contribution >= 0.6 is 0 Å². The van der Waals surface area contributed by atoms with Gasteiger partial charge in [-0.25, -0.2) is 4.79 Å². The molecule has 1 aliphatic heterocycles. The number of esters is 1. The van der Waals surface area contributed by atoms with Gasteiger partial charge in [-0.3, -0.25) is 0 Å². The number of hydrogen-bond donors (Lipinski definition) is 0. The fraction of sp³-hybridized carbons (Fsp3) is 0.364. The molecule has 0 fully saturated rings. The van der Waals surface area contributed by atoms with E-state index in [1.807, 2.05) is 44.2 Å². The van der Waals surface area contributed by atoms with Gasteiger partial charge in [0.25, 0.3) is 0 Å². The first-order chi connectivity index (χ1) is 6.36. The Morgan fingerprint density at radius 3 is 2.62 bits per heavy atom. The van der Waals surface area contributed by atoms with Crippen LogP contribution in [0, 0.1) is 5.92 Å². The highest BCUT2D eigenvalue weighted by Gasteiger charge is 2.23. The van der Waals surface area contributed by atoms with Gasteiger partial charge >= 0.3 is 5.97 Å². The molecule has 0 aromatic heterocycles. The lowest BCUT2D eigenvalue weighted by atomic mass is 9.95. The quantitative estimate of drug-likeness (QED) is 0.532. The molecule has 2 nitrogen and oxygen atoms in total. The zero-order valence-corrected chi connectivity index (χ0v) is 7.94. The highest BCUT2D eigenvalue weighted by Crippen LogP contribution is 2.20. The minimum absolute atomic E-state index is 0.0718. The first-order valence-electron chi connectivity index (χ1n) is 4.60. The van der Waals surface area contributed by atoms with Crippen molar-refractivity contribution in [3.63, 3.8) is 0 Å². The highest BCUT2D eigenvalue weighted by molar-refractivity contribution is 5.83. The normalized spacial score (nSPS) is 28.6. The average Bonchev–Trinajstić information content (AvgIpc) is 2.21. The Balaban J connectivity index is 0.000000396. The number of rotatable bonds is 0. The molecule has 0 bridgehead atoms. The van der Waals surface area contributed by atoms with E-state index in [-0.39, 0.29) is 18.0 Å². The molecule has 2 aliphatic rings. The summed E-state index contributed by atoms with van der Waals surface area (Å²) in [4.78, 5) is 10.8. The molecule has 13 heavy (non-hydrogen) atoms. The van der Waals surface area contributed by atoms with Crippen molar-refractivity contribution in [2.45, 2.75) is 20.0 Å². The summed E-state index contributed by atoms with van der Waals surface area (Å²) in [6.07, 6.45) is 11.1. The monoisotopic (exact) mass is 178 g/mol. The van der Waals surface area contributed by atoms with E-state index in [9.17, 15) is 4.79 Å². The van der Waals surface area contributed by atoms with Crippen LogP contribution in [-0.2, 0) is 9.53 Å². The third-order valence-corrected chi connectivity index (χ3v) is 1.83.